The van der Waals surface area contributed by atoms with Gasteiger partial charge in [-0.25, -0.2) is 9.50 Å². The molecule has 0 N–H and O–H groups in total. The minimum atomic E-state index is 0.294. The molecule has 2 heterocycles. The van der Waals surface area contributed by atoms with Gasteiger partial charge in [-0.05, 0) is 0 Å². The van der Waals surface area contributed by atoms with Crippen molar-refractivity contribution in [3.05, 3.63) is 29.7 Å². The molecule has 0 aliphatic rings. The predicted molar refractivity (Wildman–Crippen MR) is 42.4 cm³/mol. The van der Waals surface area contributed by atoms with E-state index < -0.39 is 0 Å². The predicted octanol–water partition coefficient (Wildman–Crippen LogP) is 0.473. The maximum absolute atomic E-state index is 8.56. The normalized spacial score (nSPS) is 9.38. The molecular formula is C8H3N5. The topological polar surface area (TPSA) is 77.8 Å². The standard InChI is InChI=1S/C8H3N5/c9-2-6-4-11-8-1-7(3-10)12-13(8)5-6/h1,4-5H. The molecule has 0 saturated carbocycles. The van der Waals surface area contributed by atoms with Crippen molar-refractivity contribution in [3.8, 4) is 12.1 Å². The molecule has 0 fully saturated rings. The summed E-state index contributed by atoms with van der Waals surface area (Å²) in [7, 11) is 0. The van der Waals surface area contributed by atoms with Crippen molar-refractivity contribution in [2.45, 2.75) is 0 Å². The minimum Gasteiger partial charge on any atom is -0.236 e. The monoisotopic (exact) mass is 169 g/mol. The average molecular weight is 169 g/mol. The third-order valence-corrected chi connectivity index (χ3v) is 1.56. The Balaban J connectivity index is 2.74. The highest BCUT2D eigenvalue weighted by atomic mass is 15.2. The molecule has 2 aromatic heterocycles. The molecule has 0 unspecified atom stereocenters. The van der Waals surface area contributed by atoms with Gasteiger partial charge in [0.15, 0.2) is 11.3 Å². The molecule has 0 aliphatic carbocycles. The highest BCUT2D eigenvalue weighted by Gasteiger charge is 2.01. The van der Waals surface area contributed by atoms with E-state index in [2.05, 4.69) is 10.1 Å². The summed E-state index contributed by atoms with van der Waals surface area (Å²) in [4.78, 5) is 3.95. The van der Waals surface area contributed by atoms with Crippen LogP contribution in [0.25, 0.3) is 5.65 Å². The van der Waals surface area contributed by atoms with Crippen molar-refractivity contribution in [2.24, 2.45) is 0 Å². The lowest BCUT2D eigenvalue weighted by atomic mass is 10.4. The minimum absolute atomic E-state index is 0.294. The van der Waals surface area contributed by atoms with E-state index in [0.29, 0.717) is 16.9 Å². The van der Waals surface area contributed by atoms with Gasteiger partial charge in [-0.3, -0.25) is 0 Å². The van der Waals surface area contributed by atoms with Crippen molar-refractivity contribution in [1.29, 1.82) is 10.5 Å². The van der Waals surface area contributed by atoms with Gasteiger partial charge in [0, 0.05) is 12.3 Å². The molecule has 5 nitrogen and oxygen atoms in total. The number of hydrogen-bond donors (Lipinski definition) is 0. The van der Waals surface area contributed by atoms with Crippen LogP contribution in [-0.4, -0.2) is 14.6 Å². The van der Waals surface area contributed by atoms with Gasteiger partial charge in [0.2, 0.25) is 0 Å². The lowest BCUT2D eigenvalue weighted by Gasteiger charge is -1.90. The Kier molecular flexibility index (Phi) is 1.44. The Morgan fingerprint density at radius 3 is 2.85 bits per heavy atom. The SMILES string of the molecule is N#Cc1cnc2cc(C#N)nn2c1. The lowest BCUT2D eigenvalue weighted by Crippen LogP contribution is -1.91. The maximum atomic E-state index is 8.56. The zero-order valence-corrected chi connectivity index (χ0v) is 6.47. The second-order valence-corrected chi connectivity index (χ2v) is 2.40. The quantitative estimate of drug-likeness (QED) is 0.574. The van der Waals surface area contributed by atoms with Crippen molar-refractivity contribution < 1.29 is 0 Å². The third kappa shape index (κ3) is 1.09. The van der Waals surface area contributed by atoms with Crippen LogP contribution in [0, 0.1) is 22.7 Å². The van der Waals surface area contributed by atoms with Crippen molar-refractivity contribution >= 4 is 5.65 Å². The average Bonchev–Trinajstić information content (AvgIpc) is 2.58. The first-order chi connectivity index (χ1) is 6.33. The molecule has 2 aromatic rings. The van der Waals surface area contributed by atoms with Gasteiger partial charge < -0.3 is 0 Å². The summed E-state index contributed by atoms with van der Waals surface area (Å²) in [6.45, 7) is 0. The first-order valence-corrected chi connectivity index (χ1v) is 3.49. The van der Waals surface area contributed by atoms with E-state index >= 15 is 0 Å². The van der Waals surface area contributed by atoms with E-state index in [0.717, 1.165) is 0 Å². The number of fused-ring (bicyclic) bond motifs is 1. The largest absolute Gasteiger partial charge is 0.236 e. The molecule has 0 radical (unpaired) electrons. The van der Waals surface area contributed by atoms with E-state index in [1.54, 1.807) is 6.07 Å². The Labute approximate surface area is 73.5 Å². The van der Waals surface area contributed by atoms with Crippen LogP contribution in [0.1, 0.15) is 11.3 Å². The van der Waals surface area contributed by atoms with Crippen molar-refractivity contribution in [2.75, 3.05) is 0 Å². The van der Waals surface area contributed by atoms with Gasteiger partial charge in [-0.1, -0.05) is 0 Å². The summed E-state index contributed by atoms with van der Waals surface area (Å²) in [5.41, 5.74) is 1.28. The molecule has 0 aromatic carbocycles. The van der Waals surface area contributed by atoms with Crippen LogP contribution in [0.3, 0.4) is 0 Å². The zero-order chi connectivity index (χ0) is 9.26. The fourth-order valence-electron chi connectivity index (χ4n) is 0.989. The Morgan fingerprint density at radius 1 is 1.31 bits per heavy atom. The molecule has 2 rings (SSSR count). The van der Waals surface area contributed by atoms with Crippen LogP contribution >= 0.6 is 0 Å². The van der Waals surface area contributed by atoms with Crippen LogP contribution in [0.15, 0.2) is 18.5 Å². The highest BCUT2D eigenvalue weighted by Crippen LogP contribution is 2.03. The van der Waals surface area contributed by atoms with E-state index in [1.807, 2.05) is 12.1 Å². The zero-order valence-electron chi connectivity index (χ0n) is 6.47. The highest BCUT2D eigenvalue weighted by molar-refractivity contribution is 5.44. The summed E-state index contributed by atoms with van der Waals surface area (Å²) < 4.78 is 1.41. The molecule has 0 amide bonds. The molecule has 0 aliphatic heterocycles. The fourth-order valence-corrected chi connectivity index (χ4v) is 0.989. The Morgan fingerprint density at radius 2 is 2.15 bits per heavy atom. The van der Waals surface area contributed by atoms with Gasteiger partial charge in [0.25, 0.3) is 0 Å². The number of nitrogens with zero attached hydrogens (tertiary/aromatic N) is 5. The molecule has 60 valence electrons. The Hall–Kier alpha value is -2.40. The van der Waals surface area contributed by atoms with Gasteiger partial charge in [-0.15, -0.1) is 0 Å². The molecule has 0 bridgehead atoms. The third-order valence-electron chi connectivity index (χ3n) is 1.56. The van der Waals surface area contributed by atoms with Crippen LogP contribution in [0.2, 0.25) is 0 Å². The molecule has 13 heavy (non-hydrogen) atoms. The van der Waals surface area contributed by atoms with E-state index in [9.17, 15) is 0 Å². The van der Waals surface area contributed by atoms with E-state index in [1.165, 1.54) is 16.9 Å². The summed E-state index contributed by atoms with van der Waals surface area (Å²) >= 11 is 0. The van der Waals surface area contributed by atoms with E-state index in [4.69, 9.17) is 10.5 Å². The summed E-state index contributed by atoms with van der Waals surface area (Å²) in [5.74, 6) is 0. The second kappa shape index (κ2) is 2.58. The molecular weight excluding hydrogens is 166 g/mol. The smallest absolute Gasteiger partial charge is 0.165 e. The fraction of sp³-hybridized carbons (Fsp3) is 0. The molecule has 5 heteroatoms. The van der Waals surface area contributed by atoms with Crippen LogP contribution in [0.4, 0.5) is 0 Å². The lowest BCUT2D eigenvalue weighted by molar-refractivity contribution is 0.926. The van der Waals surface area contributed by atoms with Crippen LogP contribution < -0.4 is 0 Å². The number of nitriles is 2. The summed E-state index contributed by atoms with van der Waals surface area (Å²) in [5, 5.41) is 21.0. The number of aromatic nitrogens is 3. The van der Waals surface area contributed by atoms with Gasteiger partial charge in [-0.2, -0.15) is 15.6 Å². The van der Waals surface area contributed by atoms with Gasteiger partial charge >= 0.3 is 0 Å². The molecule has 0 saturated heterocycles. The molecule has 0 spiro atoms. The maximum Gasteiger partial charge on any atom is 0.165 e. The Bertz CT molecular complexity index is 528. The first kappa shape index (κ1) is 7.26. The van der Waals surface area contributed by atoms with Gasteiger partial charge in [0.1, 0.15) is 12.1 Å². The van der Waals surface area contributed by atoms with E-state index in [-0.39, 0.29) is 0 Å². The number of hydrogen-bond acceptors (Lipinski definition) is 4. The van der Waals surface area contributed by atoms with Crippen molar-refractivity contribution in [1.82, 2.24) is 14.6 Å². The van der Waals surface area contributed by atoms with Crippen LogP contribution in [-0.2, 0) is 0 Å². The van der Waals surface area contributed by atoms with Crippen molar-refractivity contribution in [3.63, 3.8) is 0 Å². The number of rotatable bonds is 0. The summed E-state index contributed by atoms with van der Waals surface area (Å²) in [6.07, 6.45) is 2.97. The summed E-state index contributed by atoms with van der Waals surface area (Å²) in [6, 6.07) is 5.40. The molecule has 0 atom stereocenters. The van der Waals surface area contributed by atoms with Crippen LogP contribution in [0.5, 0.6) is 0 Å². The van der Waals surface area contributed by atoms with Gasteiger partial charge in [0.05, 0.1) is 11.8 Å². The first-order valence-electron chi connectivity index (χ1n) is 3.49. The second-order valence-electron chi connectivity index (χ2n) is 2.40.